The molecule has 0 unspecified atom stereocenters. The molecular weight excluding hydrogens is 236 g/mol. The minimum absolute atomic E-state index is 0.199. The minimum atomic E-state index is -0.199. The first-order chi connectivity index (χ1) is 8.22. The maximum absolute atomic E-state index is 12.2. The van der Waals surface area contributed by atoms with E-state index in [1.165, 1.54) is 6.07 Å². The highest BCUT2D eigenvalue weighted by atomic mass is 35.5. The molecule has 0 saturated heterocycles. The smallest absolute Gasteiger partial charge is 0.193 e. The molecule has 17 heavy (non-hydrogen) atoms. The van der Waals surface area contributed by atoms with Crippen LogP contribution in [0.15, 0.2) is 48.5 Å². The summed E-state index contributed by atoms with van der Waals surface area (Å²) in [6.45, 7) is 0. The Labute approximate surface area is 104 Å². The summed E-state index contributed by atoms with van der Waals surface area (Å²) in [4.78, 5) is 23.0. The Morgan fingerprint density at radius 2 is 1.76 bits per heavy atom. The normalized spacial score (nSPS) is 9.94. The first-order valence-corrected chi connectivity index (χ1v) is 5.44. The molecule has 0 bridgehead atoms. The predicted octanol–water partition coefficient (Wildman–Crippen LogP) is 3.38. The molecular formula is C14H9ClO2. The summed E-state index contributed by atoms with van der Waals surface area (Å²) < 4.78 is 0. The molecule has 2 aromatic carbocycles. The number of benzene rings is 2. The van der Waals surface area contributed by atoms with Crippen LogP contribution < -0.4 is 0 Å². The van der Waals surface area contributed by atoms with E-state index in [4.69, 9.17) is 11.6 Å². The number of carbonyl (C=O) groups is 2. The average Bonchev–Trinajstić information content (AvgIpc) is 2.39. The van der Waals surface area contributed by atoms with Crippen molar-refractivity contribution in [2.45, 2.75) is 0 Å². The average molecular weight is 245 g/mol. The minimum Gasteiger partial charge on any atom is -0.298 e. The van der Waals surface area contributed by atoms with Crippen LogP contribution in [0.2, 0.25) is 5.02 Å². The van der Waals surface area contributed by atoms with Crippen molar-refractivity contribution in [1.82, 2.24) is 0 Å². The number of carbonyl (C=O) groups excluding carboxylic acids is 2. The molecule has 0 atom stereocenters. The summed E-state index contributed by atoms with van der Waals surface area (Å²) in [5, 5.41) is 0.440. The first-order valence-electron chi connectivity index (χ1n) is 5.07. The van der Waals surface area contributed by atoms with Crippen LogP contribution in [0.4, 0.5) is 0 Å². The van der Waals surface area contributed by atoms with Crippen molar-refractivity contribution in [3.63, 3.8) is 0 Å². The van der Waals surface area contributed by atoms with Gasteiger partial charge in [0.25, 0.3) is 0 Å². The number of hydrogen-bond donors (Lipinski definition) is 0. The fourth-order valence-corrected chi connectivity index (χ4v) is 1.75. The van der Waals surface area contributed by atoms with Crippen LogP contribution in [-0.2, 0) is 0 Å². The molecule has 0 N–H and O–H groups in total. The second kappa shape index (κ2) is 4.93. The van der Waals surface area contributed by atoms with Gasteiger partial charge >= 0.3 is 0 Å². The molecule has 0 spiro atoms. The topological polar surface area (TPSA) is 34.1 Å². The lowest BCUT2D eigenvalue weighted by Crippen LogP contribution is -2.04. The Bertz CT molecular complexity index is 562. The number of halogens is 1. The zero-order chi connectivity index (χ0) is 12.3. The summed E-state index contributed by atoms with van der Waals surface area (Å²) in [7, 11) is 0. The molecule has 0 heterocycles. The maximum Gasteiger partial charge on any atom is 0.193 e. The van der Waals surface area contributed by atoms with Crippen LogP contribution in [0.3, 0.4) is 0 Å². The van der Waals surface area contributed by atoms with Crippen LogP contribution >= 0.6 is 11.6 Å². The lowest BCUT2D eigenvalue weighted by atomic mass is 9.99. The van der Waals surface area contributed by atoms with Gasteiger partial charge in [0.1, 0.15) is 0 Å². The summed E-state index contributed by atoms with van der Waals surface area (Å²) in [6, 6.07) is 13.4. The van der Waals surface area contributed by atoms with Crippen molar-refractivity contribution < 1.29 is 9.59 Å². The molecule has 0 radical (unpaired) electrons. The zero-order valence-electron chi connectivity index (χ0n) is 8.89. The van der Waals surface area contributed by atoms with Crippen molar-refractivity contribution in [1.29, 1.82) is 0 Å². The van der Waals surface area contributed by atoms with E-state index in [9.17, 15) is 9.59 Å². The largest absolute Gasteiger partial charge is 0.298 e. The van der Waals surface area contributed by atoms with Gasteiger partial charge in [-0.25, -0.2) is 0 Å². The summed E-state index contributed by atoms with van der Waals surface area (Å²) in [6.07, 6.45) is 0.659. The van der Waals surface area contributed by atoms with E-state index >= 15 is 0 Å². The van der Waals surface area contributed by atoms with Gasteiger partial charge in [-0.05, 0) is 18.2 Å². The highest BCUT2D eigenvalue weighted by Gasteiger charge is 2.13. The summed E-state index contributed by atoms with van der Waals surface area (Å²) in [5.74, 6) is -0.199. The Hall–Kier alpha value is -1.93. The van der Waals surface area contributed by atoms with E-state index < -0.39 is 0 Å². The van der Waals surface area contributed by atoms with Gasteiger partial charge in [0.05, 0.1) is 0 Å². The molecule has 0 amide bonds. The fraction of sp³-hybridized carbons (Fsp3) is 0. The van der Waals surface area contributed by atoms with Gasteiger partial charge in [-0.3, -0.25) is 9.59 Å². The number of rotatable bonds is 3. The molecule has 0 aliphatic rings. The van der Waals surface area contributed by atoms with Crippen molar-refractivity contribution in [3.05, 3.63) is 70.2 Å². The lowest BCUT2D eigenvalue weighted by molar-refractivity contribution is 0.102. The van der Waals surface area contributed by atoms with Crippen LogP contribution in [-0.4, -0.2) is 12.1 Å². The molecule has 0 saturated carbocycles. The molecule has 84 valence electrons. The monoisotopic (exact) mass is 244 g/mol. The standard InChI is InChI=1S/C14H9ClO2/c15-12-7-6-11(9-16)13(8-12)14(17)10-4-2-1-3-5-10/h1-9H. The van der Waals surface area contributed by atoms with Crippen LogP contribution in [0, 0.1) is 0 Å². The first kappa shape index (κ1) is 11.6. The second-order valence-corrected chi connectivity index (χ2v) is 3.98. The maximum atomic E-state index is 12.2. The van der Waals surface area contributed by atoms with Gasteiger partial charge in [0.2, 0.25) is 0 Å². The third-order valence-corrected chi connectivity index (χ3v) is 2.66. The van der Waals surface area contributed by atoms with E-state index in [0.717, 1.165) is 0 Å². The lowest BCUT2D eigenvalue weighted by Gasteiger charge is -2.04. The fourth-order valence-electron chi connectivity index (χ4n) is 1.57. The summed E-state index contributed by atoms with van der Waals surface area (Å²) in [5.41, 5.74) is 1.22. The van der Waals surface area contributed by atoms with Gasteiger partial charge in [0, 0.05) is 21.7 Å². The Morgan fingerprint density at radius 1 is 1.06 bits per heavy atom. The van der Waals surface area contributed by atoms with Gasteiger partial charge in [0.15, 0.2) is 12.1 Å². The number of aldehydes is 1. The molecule has 2 rings (SSSR count). The third-order valence-electron chi connectivity index (χ3n) is 2.42. The second-order valence-electron chi connectivity index (χ2n) is 3.54. The van der Waals surface area contributed by atoms with Gasteiger partial charge in [-0.2, -0.15) is 0 Å². The van der Waals surface area contributed by atoms with Gasteiger partial charge < -0.3 is 0 Å². The van der Waals surface area contributed by atoms with Gasteiger partial charge in [-0.15, -0.1) is 0 Å². The number of hydrogen-bond acceptors (Lipinski definition) is 2. The van der Waals surface area contributed by atoms with Crippen molar-refractivity contribution >= 4 is 23.7 Å². The third kappa shape index (κ3) is 2.43. The molecule has 0 aliphatic carbocycles. The molecule has 2 nitrogen and oxygen atoms in total. The predicted molar refractivity (Wildman–Crippen MR) is 66.7 cm³/mol. The van der Waals surface area contributed by atoms with E-state index in [2.05, 4.69) is 0 Å². The van der Waals surface area contributed by atoms with Crippen molar-refractivity contribution in [3.8, 4) is 0 Å². The van der Waals surface area contributed by atoms with Crippen LogP contribution in [0.1, 0.15) is 26.3 Å². The van der Waals surface area contributed by atoms with Crippen LogP contribution in [0.25, 0.3) is 0 Å². The van der Waals surface area contributed by atoms with Crippen molar-refractivity contribution in [2.75, 3.05) is 0 Å². The highest BCUT2D eigenvalue weighted by Crippen LogP contribution is 2.18. The molecule has 0 aromatic heterocycles. The van der Waals surface area contributed by atoms with E-state index in [0.29, 0.717) is 28.0 Å². The molecule has 0 fully saturated rings. The van der Waals surface area contributed by atoms with Crippen molar-refractivity contribution in [2.24, 2.45) is 0 Å². The SMILES string of the molecule is O=Cc1ccc(Cl)cc1C(=O)c1ccccc1. The molecule has 3 heteroatoms. The van der Waals surface area contributed by atoms with E-state index in [-0.39, 0.29) is 5.78 Å². The highest BCUT2D eigenvalue weighted by molar-refractivity contribution is 6.31. The Balaban J connectivity index is 2.50. The summed E-state index contributed by atoms with van der Waals surface area (Å²) >= 11 is 5.84. The van der Waals surface area contributed by atoms with E-state index in [1.807, 2.05) is 6.07 Å². The number of ketones is 1. The molecule has 0 aliphatic heterocycles. The Morgan fingerprint density at radius 3 is 2.41 bits per heavy atom. The van der Waals surface area contributed by atoms with Crippen LogP contribution in [0.5, 0.6) is 0 Å². The quantitative estimate of drug-likeness (QED) is 0.613. The Kier molecular flexibility index (Phi) is 3.35. The molecule has 2 aromatic rings. The van der Waals surface area contributed by atoms with Gasteiger partial charge in [-0.1, -0.05) is 41.9 Å². The zero-order valence-corrected chi connectivity index (χ0v) is 9.65. The van der Waals surface area contributed by atoms with E-state index in [1.54, 1.807) is 36.4 Å².